The van der Waals surface area contributed by atoms with Crippen molar-refractivity contribution < 1.29 is 9.53 Å². The molecule has 2 fully saturated rings. The summed E-state index contributed by atoms with van der Waals surface area (Å²) in [6, 6.07) is 8.00. The summed E-state index contributed by atoms with van der Waals surface area (Å²) in [6.07, 6.45) is 11.7. The second-order valence-electron chi connectivity index (χ2n) is 7.96. The highest BCUT2D eigenvalue weighted by Crippen LogP contribution is 2.35. The zero-order valence-electron chi connectivity index (χ0n) is 16.3. The zero-order chi connectivity index (χ0) is 18.2. The SMILES string of the molecule is COc1cccc(CCC(=O)NCC2(N3CCCCC3)CCCCC2)c1. The molecule has 1 amide bonds. The highest BCUT2D eigenvalue weighted by atomic mass is 16.5. The summed E-state index contributed by atoms with van der Waals surface area (Å²) in [5.41, 5.74) is 1.37. The molecule has 1 saturated heterocycles. The van der Waals surface area contributed by atoms with Gasteiger partial charge in [-0.2, -0.15) is 0 Å². The van der Waals surface area contributed by atoms with Gasteiger partial charge in [0.1, 0.15) is 5.75 Å². The maximum atomic E-state index is 12.5. The van der Waals surface area contributed by atoms with Crippen molar-refractivity contribution in [2.45, 2.75) is 69.7 Å². The number of rotatable bonds is 7. The lowest BCUT2D eigenvalue weighted by Gasteiger charge is -2.48. The van der Waals surface area contributed by atoms with Gasteiger partial charge in [-0.25, -0.2) is 0 Å². The van der Waals surface area contributed by atoms with Crippen molar-refractivity contribution in [3.8, 4) is 5.75 Å². The molecule has 4 heteroatoms. The molecule has 1 saturated carbocycles. The van der Waals surface area contributed by atoms with Crippen LogP contribution >= 0.6 is 0 Å². The number of carbonyl (C=O) groups is 1. The number of hydrogen-bond acceptors (Lipinski definition) is 3. The Balaban J connectivity index is 1.52. The first-order valence-corrected chi connectivity index (χ1v) is 10.4. The normalized spacial score (nSPS) is 20.5. The van der Waals surface area contributed by atoms with Crippen LogP contribution in [0.3, 0.4) is 0 Å². The number of nitrogens with one attached hydrogen (secondary N) is 1. The average molecular weight is 359 g/mol. The molecule has 1 aromatic carbocycles. The van der Waals surface area contributed by atoms with E-state index in [0.29, 0.717) is 6.42 Å². The third-order valence-corrected chi connectivity index (χ3v) is 6.20. The molecule has 3 rings (SSSR count). The smallest absolute Gasteiger partial charge is 0.220 e. The maximum Gasteiger partial charge on any atom is 0.220 e. The molecule has 1 aromatic rings. The number of amides is 1. The van der Waals surface area contributed by atoms with Crippen LogP contribution < -0.4 is 10.1 Å². The van der Waals surface area contributed by atoms with Crippen molar-refractivity contribution in [1.29, 1.82) is 0 Å². The van der Waals surface area contributed by atoms with Crippen LogP contribution in [0.1, 0.15) is 63.4 Å². The fraction of sp³-hybridized carbons (Fsp3) is 0.682. The molecule has 144 valence electrons. The van der Waals surface area contributed by atoms with E-state index in [2.05, 4.69) is 16.3 Å². The van der Waals surface area contributed by atoms with E-state index < -0.39 is 0 Å². The zero-order valence-corrected chi connectivity index (χ0v) is 16.3. The van der Waals surface area contributed by atoms with Crippen molar-refractivity contribution in [3.63, 3.8) is 0 Å². The van der Waals surface area contributed by atoms with E-state index in [4.69, 9.17) is 4.74 Å². The van der Waals surface area contributed by atoms with Gasteiger partial charge >= 0.3 is 0 Å². The second kappa shape index (κ2) is 9.40. The first-order valence-electron chi connectivity index (χ1n) is 10.4. The number of piperidine rings is 1. The van der Waals surface area contributed by atoms with Gasteiger partial charge in [-0.1, -0.05) is 37.8 Å². The number of ether oxygens (including phenoxy) is 1. The molecule has 4 nitrogen and oxygen atoms in total. The minimum absolute atomic E-state index is 0.176. The third kappa shape index (κ3) is 5.00. The monoisotopic (exact) mass is 358 g/mol. The number of likely N-dealkylation sites (tertiary alicyclic amines) is 1. The van der Waals surface area contributed by atoms with Gasteiger partial charge in [-0.3, -0.25) is 9.69 Å². The van der Waals surface area contributed by atoms with Crippen LogP contribution in [0.5, 0.6) is 5.75 Å². The summed E-state index contributed by atoms with van der Waals surface area (Å²) >= 11 is 0. The summed E-state index contributed by atoms with van der Waals surface area (Å²) in [4.78, 5) is 15.2. The van der Waals surface area contributed by atoms with Crippen LogP contribution in [0.25, 0.3) is 0 Å². The van der Waals surface area contributed by atoms with Crippen molar-refractivity contribution in [3.05, 3.63) is 29.8 Å². The van der Waals surface area contributed by atoms with Gasteiger partial charge in [0.15, 0.2) is 0 Å². The van der Waals surface area contributed by atoms with Crippen molar-refractivity contribution in [2.75, 3.05) is 26.7 Å². The van der Waals surface area contributed by atoms with E-state index in [1.54, 1.807) is 7.11 Å². The minimum atomic E-state index is 0.176. The lowest BCUT2D eigenvalue weighted by atomic mass is 9.79. The van der Waals surface area contributed by atoms with E-state index in [-0.39, 0.29) is 11.4 Å². The number of carbonyl (C=O) groups excluding carboxylic acids is 1. The molecule has 0 bridgehead atoms. The second-order valence-corrected chi connectivity index (χ2v) is 7.96. The highest BCUT2D eigenvalue weighted by molar-refractivity contribution is 5.76. The Morgan fingerprint density at radius 1 is 1.12 bits per heavy atom. The van der Waals surface area contributed by atoms with Crippen LogP contribution in [0.2, 0.25) is 0 Å². The van der Waals surface area contributed by atoms with E-state index >= 15 is 0 Å². The lowest BCUT2D eigenvalue weighted by Crippen LogP contribution is -2.58. The van der Waals surface area contributed by atoms with Crippen LogP contribution in [0.15, 0.2) is 24.3 Å². The summed E-state index contributed by atoms with van der Waals surface area (Å²) in [5, 5.41) is 3.28. The van der Waals surface area contributed by atoms with Crippen LogP contribution in [0.4, 0.5) is 0 Å². The minimum Gasteiger partial charge on any atom is -0.497 e. The fourth-order valence-corrected chi connectivity index (χ4v) is 4.62. The molecule has 0 atom stereocenters. The molecule has 2 aliphatic rings. The molecule has 0 unspecified atom stereocenters. The molecular formula is C22H34N2O2. The number of hydrogen-bond donors (Lipinski definition) is 1. The van der Waals surface area contributed by atoms with Crippen LogP contribution in [0, 0.1) is 0 Å². The molecule has 0 spiro atoms. The summed E-state index contributed by atoms with van der Waals surface area (Å²) in [5.74, 6) is 1.03. The summed E-state index contributed by atoms with van der Waals surface area (Å²) in [7, 11) is 1.68. The van der Waals surface area contributed by atoms with Gasteiger partial charge in [-0.15, -0.1) is 0 Å². The van der Waals surface area contributed by atoms with Crippen molar-refractivity contribution >= 4 is 5.91 Å². The fourth-order valence-electron chi connectivity index (χ4n) is 4.62. The predicted octanol–water partition coefficient (Wildman–Crippen LogP) is 3.93. The van der Waals surface area contributed by atoms with E-state index in [9.17, 15) is 4.79 Å². The van der Waals surface area contributed by atoms with Crippen LogP contribution in [-0.2, 0) is 11.2 Å². The van der Waals surface area contributed by atoms with Crippen molar-refractivity contribution in [1.82, 2.24) is 10.2 Å². The molecule has 1 aliphatic carbocycles. The largest absolute Gasteiger partial charge is 0.497 e. The Hall–Kier alpha value is -1.55. The summed E-state index contributed by atoms with van der Waals surface area (Å²) in [6.45, 7) is 3.24. The molecule has 1 N–H and O–H groups in total. The van der Waals surface area contributed by atoms with E-state index in [0.717, 1.165) is 24.3 Å². The van der Waals surface area contributed by atoms with Gasteiger partial charge in [0.25, 0.3) is 0 Å². The Bertz CT molecular complexity index is 575. The number of aryl methyl sites for hydroxylation is 1. The number of nitrogens with zero attached hydrogens (tertiary/aromatic N) is 1. The molecule has 1 heterocycles. The third-order valence-electron chi connectivity index (χ3n) is 6.20. The molecule has 0 aromatic heterocycles. The first kappa shape index (κ1) is 19.2. The average Bonchev–Trinajstić information content (AvgIpc) is 2.72. The van der Waals surface area contributed by atoms with E-state index in [1.165, 1.54) is 64.5 Å². The molecule has 0 radical (unpaired) electrons. The Labute approximate surface area is 158 Å². The molecule has 26 heavy (non-hydrogen) atoms. The summed E-state index contributed by atoms with van der Waals surface area (Å²) < 4.78 is 5.26. The van der Waals surface area contributed by atoms with Gasteiger partial charge in [0.2, 0.25) is 5.91 Å². The Morgan fingerprint density at radius 2 is 1.85 bits per heavy atom. The van der Waals surface area contributed by atoms with Gasteiger partial charge < -0.3 is 10.1 Å². The van der Waals surface area contributed by atoms with Gasteiger partial charge in [-0.05, 0) is 62.9 Å². The molecular weight excluding hydrogens is 324 g/mol. The highest BCUT2D eigenvalue weighted by Gasteiger charge is 2.38. The number of benzene rings is 1. The Kier molecular flexibility index (Phi) is 6.95. The Morgan fingerprint density at radius 3 is 2.58 bits per heavy atom. The molecule has 1 aliphatic heterocycles. The standard InChI is InChI=1S/C22H34N2O2/c1-26-20-10-8-9-19(17-20)11-12-21(25)23-18-22(13-4-2-5-14-22)24-15-6-3-7-16-24/h8-10,17H,2-7,11-16,18H2,1H3,(H,23,25). The van der Waals surface area contributed by atoms with Crippen LogP contribution in [-0.4, -0.2) is 43.1 Å². The van der Waals surface area contributed by atoms with E-state index in [1.807, 2.05) is 18.2 Å². The lowest BCUT2D eigenvalue weighted by molar-refractivity contribution is -0.122. The topological polar surface area (TPSA) is 41.6 Å². The maximum absolute atomic E-state index is 12.5. The van der Waals surface area contributed by atoms with Gasteiger partial charge in [0, 0.05) is 18.5 Å². The quantitative estimate of drug-likeness (QED) is 0.803. The van der Waals surface area contributed by atoms with Gasteiger partial charge in [0.05, 0.1) is 7.11 Å². The predicted molar refractivity (Wildman–Crippen MR) is 106 cm³/mol. The first-order chi connectivity index (χ1) is 12.7. The number of methoxy groups -OCH3 is 1. The van der Waals surface area contributed by atoms with Crippen molar-refractivity contribution in [2.24, 2.45) is 0 Å².